The molecule has 0 unspecified atom stereocenters. The van der Waals surface area contributed by atoms with Crippen LogP contribution >= 0.6 is 0 Å². The van der Waals surface area contributed by atoms with Crippen LogP contribution in [0.15, 0.2) is 60.0 Å². The Labute approximate surface area is 172 Å². The number of rotatable bonds is 7. The van der Waals surface area contributed by atoms with Gasteiger partial charge in [0.2, 0.25) is 5.76 Å². The molecule has 0 N–H and O–H groups in total. The molecule has 0 bridgehead atoms. The summed E-state index contributed by atoms with van der Waals surface area (Å²) < 4.78 is 18.6. The van der Waals surface area contributed by atoms with E-state index in [4.69, 9.17) is 4.74 Å². The van der Waals surface area contributed by atoms with E-state index in [1.165, 1.54) is 36.4 Å². The molecule has 0 saturated carbocycles. The molecule has 2 amide bonds. The summed E-state index contributed by atoms with van der Waals surface area (Å²) in [7, 11) is 0. The fourth-order valence-corrected chi connectivity index (χ4v) is 3.08. The van der Waals surface area contributed by atoms with Crippen LogP contribution in [0.2, 0.25) is 0 Å². The van der Waals surface area contributed by atoms with Crippen molar-refractivity contribution in [3.63, 3.8) is 0 Å². The van der Waals surface area contributed by atoms with E-state index in [2.05, 4.69) is 0 Å². The fourth-order valence-electron chi connectivity index (χ4n) is 3.08. The van der Waals surface area contributed by atoms with Gasteiger partial charge in [-0.05, 0) is 50.2 Å². The van der Waals surface area contributed by atoms with Crippen molar-refractivity contribution in [1.82, 2.24) is 4.90 Å². The molecule has 0 aliphatic carbocycles. The Kier molecular flexibility index (Phi) is 6.06. The lowest BCUT2D eigenvalue weighted by Crippen LogP contribution is -2.35. The molecule has 0 aromatic heterocycles. The van der Waals surface area contributed by atoms with Crippen molar-refractivity contribution in [3.05, 3.63) is 76.9 Å². The Morgan fingerprint density at radius 3 is 2.13 bits per heavy atom. The number of ether oxygens (including phenoxy) is 1. The first-order valence-electron chi connectivity index (χ1n) is 9.32. The van der Waals surface area contributed by atoms with E-state index in [0.717, 1.165) is 17.0 Å². The number of benzene rings is 2. The number of aldehydes is 1. The second-order valence-electron chi connectivity index (χ2n) is 6.40. The molecule has 154 valence electrons. The standard InChI is InChI=1S/C22H19FN2O5/c1-3-24(4-2)18-19(30-22(29)15-7-5-14(13-26)6-8-15)21(28)25(20(18)27)17-11-9-16(23)10-12-17/h5-13H,3-4H2,1-2H3. The smallest absolute Gasteiger partial charge is 0.343 e. The van der Waals surface area contributed by atoms with Gasteiger partial charge in [-0.25, -0.2) is 14.1 Å². The summed E-state index contributed by atoms with van der Waals surface area (Å²) >= 11 is 0. The van der Waals surface area contributed by atoms with Crippen molar-refractivity contribution < 1.29 is 28.3 Å². The van der Waals surface area contributed by atoms with Gasteiger partial charge in [-0.1, -0.05) is 12.1 Å². The Balaban J connectivity index is 1.98. The summed E-state index contributed by atoms with van der Waals surface area (Å²) in [6.07, 6.45) is 0.635. The molecule has 0 saturated heterocycles. The lowest BCUT2D eigenvalue weighted by Gasteiger charge is -2.22. The molecular weight excluding hydrogens is 391 g/mol. The Morgan fingerprint density at radius 1 is 1.00 bits per heavy atom. The molecule has 2 aromatic carbocycles. The summed E-state index contributed by atoms with van der Waals surface area (Å²) in [6, 6.07) is 10.5. The van der Waals surface area contributed by atoms with Gasteiger partial charge < -0.3 is 9.64 Å². The number of carbonyl (C=O) groups excluding carboxylic acids is 4. The fraction of sp³-hybridized carbons (Fsp3) is 0.182. The highest BCUT2D eigenvalue weighted by atomic mass is 19.1. The van der Waals surface area contributed by atoms with Crippen molar-refractivity contribution in [2.24, 2.45) is 0 Å². The molecule has 30 heavy (non-hydrogen) atoms. The highest BCUT2D eigenvalue weighted by Gasteiger charge is 2.44. The van der Waals surface area contributed by atoms with Crippen molar-refractivity contribution in [2.75, 3.05) is 18.0 Å². The largest absolute Gasteiger partial charge is 0.414 e. The molecule has 0 spiro atoms. The first-order valence-corrected chi connectivity index (χ1v) is 9.32. The van der Waals surface area contributed by atoms with Crippen LogP contribution in [0.25, 0.3) is 0 Å². The van der Waals surface area contributed by atoms with Gasteiger partial charge in [-0.15, -0.1) is 0 Å². The third-order valence-corrected chi connectivity index (χ3v) is 4.66. The molecule has 7 nitrogen and oxygen atoms in total. The lowest BCUT2D eigenvalue weighted by atomic mass is 10.1. The number of imide groups is 1. The zero-order valence-corrected chi connectivity index (χ0v) is 16.4. The summed E-state index contributed by atoms with van der Waals surface area (Å²) in [4.78, 5) is 51.9. The van der Waals surface area contributed by atoms with E-state index < -0.39 is 29.4 Å². The average molecular weight is 410 g/mol. The molecule has 2 aromatic rings. The molecule has 0 fully saturated rings. The molecule has 1 aliphatic heterocycles. The lowest BCUT2D eigenvalue weighted by molar-refractivity contribution is -0.122. The number of nitrogens with zero attached hydrogens (tertiary/aromatic N) is 2. The molecule has 1 aliphatic rings. The summed E-state index contributed by atoms with van der Waals surface area (Å²) in [5.41, 5.74) is 0.626. The van der Waals surface area contributed by atoms with E-state index in [1.807, 2.05) is 0 Å². The normalized spacial score (nSPS) is 13.6. The van der Waals surface area contributed by atoms with E-state index in [9.17, 15) is 23.6 Å². The summed E-state index contributed by atoms with van der Waals surface area (Å²) in [5.74, 6) is -3.22. The second kappa shape index (κ2) is 8.69. The number of anilines is 1. The molecular formula is C22H19FN2O5. The van der Waals surface area contributed by atoms with Gasteiger partial charge in [-0.3, -0.25) is 14.4 Å². The van der Waals surface area contributed by atoms with Crippen LogP contribution in [-0.4, -0.2) is 42.1 Å². The van der Waals surface area contributed by atoms with Crippen molar-refractivity contribution in [1.29, 1.82) is 0 Å². The van der Waals surface area contributed by atoms with Crippen molar-refractivity contribution in [3.8, 4) is 0 Å². The summed E-state index contributed by atoms with van der Waals surface area (Å²) in [5, 5.41) is 0. The topological polar surface area (TPSA) is 84.0 Å². The van der Waals surface area contributed by atoms with Crippen LogP contribution in [0.3, 0.4) is 0 Å². The second-order valence-corrected chi connectivity index (χ2v) is 6.40. The zero-order chi connectivity index (χ0) is 21.8. The van der Waals surface area contributed by atoms with Crippen LogP contribution in [0.4, 0.5) is 10.1 Å². The van der Waals surface area contributed by atoms with Gasteiger partial charge in [0.05, 0.1) is 11.3 Å². The highest BCUT2D eigenvalue weighted by molar-refractivity contribution is 6.32. The first-order chi connectivity index (χ1) is 14.4. The van der Waals surface area contributed by atoms with Crippen molar-refractivity contribution in [2.45, 2.75) is 13.8 Å². The maximum Gasteiger partial charge on any atom is 0.343 e. The molecule has 0 atom stereocenters. The quantitative estimate of drug-likeness (QED) is 0.397. The minimum Gasteiger partial charge on any atom is -0.414 e. The van der Waals surface area contributed by atoms with Gasteiger partial charge in [0.1, 0.15) is 12.1 Å². The average Bonchev–Trinajstić information content (AvgIpc) is 3.00. The molecule has 8 heteroatoms. The maximum absolute atomic E-state index is 13.3. The predicted octanol–water partition coefficient (Wildman–Crippen LogP) is 2.92. The van der Waals surface area contributed by atoms with Crippen LogP contribution in [-0.2, 0) is 14.3 Å². The monoisotopic (exact) mass is 410 g/mol. The van der Waals surface area contributed by atoms with E-state index in [-0.39, 0.29) is 16.9 Å². The zero-order valence-electron chi connectivity index (χ0n) is 16.4. The third kappa shape index (κ3) is 3.84. The van der Waals surface area contributed by atoms with Crippen LogP contribution in [0, 0.1) is 5.82 Å². The number of halogens is 1. The van der Waals surface area contributed by atoms with Gasteiger partial charge in [0, 0.05) is 18.7 Å². The first kappa shape index (κ1) is 20.9. The highest BCUT2D eigenvalue weighted by Crippen LogP contribution is 2.30. The number of likely N-dealkylation sites (N-methyl/N-ethyl adjacent to an activating group) is 1. The van der Waals surface area contributed by atoms with Crippen LogP contribution in [0.5, 0.6) is 0 Å². The number of hydrogen-bond donors (Lipinski definition) is 0. The predicted molar refractivity (Wildman–Crippen MR) is 106 cm³/mol. The maximum atomic E-state index is 13.3. The summed E-state index contributed by atoms with van der Waals surface area (Å²) in [6.45, 7) is 4.40. The van der Waals surface area contributed by atoms with E-state index >= 15 is 0 Å². The van der Waals surface area contributed by atoms with Gasteiger partial charge >= 0.3 is 11.9 Å². The number of hydrogen-bond acceptors (Lipinski definition) is 6. The SMILES string of the molecule is CCN(CC)C1=C(OC(=O)c2ccc(C=O)cc2)C(=O)N(c2ccc(F)cc2)C1=O. The minimum absolute atomic E-state index is 0.0350. The Hall–Kier alpha value is -3.81. The van der Waals surface area contributed by atoms with Gasteiger partial charge in [0.25, 0.3) is 5.91 Å². The number of amides is 2. The van der Waals surface area contributed by atoms with Gasteiger partial charge in [-0.2, -0.15) is 0 Å². The van der Waals surface area contributed by atoms with Gasteiger partial charge in [0.15, 0.2) is 5.70 Å². The Morgan fingerprint density at radius 2 is 1.60 bits per heavy atom. The van der Waals surface area contributed by atoms with E-state index in [0.29, 0.717) is 24.9 Å². The number of esters is 1. The van der Waals surface area contributed by atoms with E-state index in [1.54, 1.807) is 18.7 Å². The third-order valence-electron chi connectivity index (χ3n) is 4.66. The molecule has 1 heterocycles. The molecule has 3 rings (SSSR count). The molecule has 0 radical (unpaired) electrons. The minimum atomic E-state index is -0.839. The van der Waals surface area contributed by atoms with Crippen LogP contribution in [0.1, 0.15) is 34.6 Å². The Bertz CT molecular complexity index is 1020. The van der Waals surface area contributed by atoms with Crippen molar-refractivity contribution >= 4 is 29.8 Å². The number of carbonyl (C=O) groups is 4. The van der Waals surface area contributed by atoms with Crippen LogP contribution < -0.4 is 4.90 Å².